The number of halogens is 1. The molecule has 1 heterocycles. The van der Waals surface area contributed by atoms with Gasteiger partial charge in [0.15, 0.2) is 5.78 Å². The molecule has 1 aliphatic carbocycles. The van der Waals surface area contributed by atoms with E-state index < -0.39 is 0 Å². The average molecular weight is 326 g/mol. The molecule has 0 atom stereocenters. The van der Waals surface area contributed by atoms with E-state index >= 15 is 0 Å². The third kappa shape index (κ3) is 1.59. The zero-order chi connectivity index (χ0) is 13.7. The molecule has 1 N–H and O–H groups in total. The molecular weight excluding hydrogens is 314 g/mol. The maximum atomic E-state index is 12.1. The topological polar surface area (TPSA) is 32.9 Å². The van der Waals surface area contributed by atoms with Crippen molar-refractivity contribution in [1.82, 2.24) is 4.98 Å². The maximum absolute atomic E-state index is 12.1. The van der Waals surface area contributed by atoms with Crippen molar-refractivity contribution in [2.75, 3.05) is 0 Å². The number of hydrogen-bond donors (Lipinski definition) is 1. The lowest BCUT2D eigenvalue weighted by Crippen LogP contribution is -2.08. The van der Waals surface area contributed by atoms with Gasteiger partial charge in [-0.25, -0.2) is 0 Å². The largest absolute Gasteiger partial charge is 0.353 e. The van der Waals surface area contributed by atoms with Gasteiger partial charge in [-0.2, -0.15) is 0 Å². The van der Waals surface area contributed by atoms with Crippen LogP contribution in [0.4, 0.5) is 0 Å². The first-order valence-corrected chi connectivity index (χ1v) is 7.46. The Morgan fingerprint density at radius 3 is 2.60 bits per heavy atom. The number of rotatable bonds is 1. The molecule has 3 aromatic rings. The fourth-order valence-electron chi connectivity index (χ4n) is 3.05. The standard InChI is InChI=1S/C17H12BrNO/c18-13-8-6-11-14(20)9-7-12-15(11)17(13)19-16(12)10-4-2-1-3-5-10/h1-6,8,19H,7,9H2. The van der Waals surface area contributed by atoms with Crippen LogP contribution < -0.4 is 0 Å². The van der Waals surface area contributed by atoms with Gasteiger partial charge >= 0.3 is 0 Å². The van der Waals surface area contributed by atoms with Gasteiger partial charge in [0.05, 0.1) is 5.52 Å². The minimum absolute atomic E-state index is 0.244. The van der Waals surface area contributed by atoms with E-state index in [0.717, 1.165) is 33.1 Å². The molecule has 0 bridgehead atoms. The van der Waals surface area contributed by atoms with Crippen molar-refractivity contribution in [3.8, 4) is 11.3 Å². The summed E-state index contributed by atoms with van der Waals surface area (Å²) in [6.45, 7) is 0. The molecule has 3 heteroatoms. The van der Waals surface area contributed by atoms with Gasteiger partial charge in [0.1, 0.15) is 0 Å². The van der Waals surface area contributed by atoms with E-state index in [1.807, 2.05) is 30.3 Å². The number of aryl methyl sites for hydroxylation is 1. The van der Waals surface area contributed by atoms with Gasteiger partial charge in [0, 0.05) is 27.5 Å². The number of Topliss-reactive ketones (excluding diaryl/α,β-unsaturated/α-hetero) is 1. The molecular formula is C17H12BrNO. The molecule has 2 nitrogen and oxygen atoms in total. The van der Waals surface area contributed by atoms with E-state index in [4.69, 9.17) is 0 Å². The van der Waals surface area contributed by atoms with E-state index in [0.29, 0.717) is 6.42 Å². The molecule has 98 valence electrons. The summed E-state index contributed by atoms with van der Waals surface area (Å²) in [5.41, 5.74) is 5.46. The van der Waals surface area contributed by atoms with Crippen LogP contribution >= 0.6 is 15.9 Å². The molecule has 0 aliphatic heterocycles. The van der Waals surface area contributed by atoms with E-state index in [9.17, 15) is 4.79 Å². The molecule has 4 rings (SSSR count). The summed E-state index contributed by atoms with van der Waals surface area (Å²) in [5.74, 6) is 0.244. The minimum atomic E-state index is 0.244. The van der Waals surface area contributed by atoms with Gasteiger partial charge in [-0.3, -0.25) is 4.79 Å². The molecule has 1 aliphatic rings. The molecule has 0 amide bonds. The van der Waals surface area contributed by atoms with E-state index in [-0.39, 0.29) is 5.78 Å². The second kappa shape index (κ2) is 4.32. The molecule has 0 saturated carbocycles. The Morgan fingerprint density at radius 1 is 1.00 bits per heavy atom. The summed E-state index contributed by atoms with van der Waals surface area (Å²) in [4.78, 5) is 15.6. The van der Waals surface area contributed by atoms with Gasteiger partial charge < -0.3 is 4.98 Å². The Kier molecular flexibility index (Phi) is 2.57. The van der Waals surface area contributed by atoms with E-state index in [2.05, 4.69) is 33.0 Å². The molecule has 0 saturated heterocycles. The molecule has 0 fully saturated rings. The fourth-order valence-corrected chi connectivity index (χ4v) is 3.47. The smallest absolute Gasteiger partial charge is 0.163 e. The molecule has 1 aromatic heterocycles. The maximum Gasteiger partial charge on any atom is 0.163 e. The van der Waals surface area contributed by atoms with Crippen molar-refractivity contribution in [2.24, 2.45) is 0 Å². The third-order valence-corrected chi connectivity index (χ3v) is 4.63. The second-order valence-electron chi connectivity index (χ2n) is 5.11. The fraction of sp³-hybridized carbons (Fsp3) is 0.118. The lowest BCUT2D eigenvalue weighted by atomic mass is 9.89. The van der Waals surface area contributed by atoms with E-state index in [1.54, 1.807) is 0 Å². The number of ketones is 1. The number of carbonyl (C=O) groups excluding carboxylic acids is 1. The highest BCUT2D eigenvalue weighted by Gasteiger charge is 2.25. The number of hydrogen-bond acceptors (Lipinski definition) is 1. The van der Waals surface area contributed by atoms with Crippen LogP contribution in [-0.2, 0) is 6.42 Å². The summed E-state index contributed by atoms with van der Waals surface area (Å²) in [6, 6.07) is 14.2. The van der Waals surface area contributed by atoms with Gasteiger partial charge in [-0.05, 0) is 45.6 Å². The first-order valence-electron chi connectivity index (χ1n) is 6.67. The van der Waals surface area contributed by atoms with Crippen LogP contribution in [0.1, 0.15) is 22.3 Å². The van der Waals surface area contributed by atoms with Crippen LogP contribution in [-0.4, -0.2) is 10.8 Å². The van der Waals surface area contributed by atoms with Crippen molar-refractivity contribution in [1.29, 1.82) is 0 Å². The van der Waals surface area contributed by atoms with Crippen LogP contribution in [0.5, 0.6) is 0 Å². The average Bonchev–Trinajstić information content (AvgIpc) is 2.87. The Bertz CT molecular complexity index is 833. The quantitative estimate of drug-likeness (QED) is 0.689. The molecule has 0 unspecified atom stereocenters. The lowest BCUT2D eigenvalue weighted by Gasteiger charge is -2.13. The van der Waals surface area contributed by atoms with E-state index in [1.165, 1.54) is 11.1 Å². The van der Waals surface area contributed by atoms with Crippen LogP contribution in [0.2, 0.25) is 0 Å². The summed E-state index contributed by atoms with van der Waals surface area (Å²) in [5, 5.41) is 1.09. The van der Waals surface area contributed by atoms with Crippen molar-refractivity contribution < 1.29 is 4.79 Å². The molecule has 2 aromatic carbocycles. The van der Waals surface area contributed by atoms with Gasteiger partial charge in [-0.1, -0.05) is 30.3 Å². The summed E-state index contributed by atoms with van der Waals surface area (Å²) < 4.78 is 1.01. The predicted molar refractivity (Wildman–Crippen MR) is 84.1 cm³/mol. The van der Waals surface area contributed by atoms with Crippen molar-refractivity contribution >= 4 is 32.6 Å². The second-order valence-corrected chi connectivity index (χ2v) is 5.97. The SMILES string of the molecule is O=C1CCc2c(-c3ccccc3)[nH]c3c(Br)ccc1c23. The number of benzene rings is 2. The highest BCUT2D eigenvalue weighted by atomic mass is 79.9. The molecule has 0 spiro atoms. The first-order chi connectivity index (χ1) is 9.75. The molecule has 0 radical (unpaired) electrons. The summed E-state index contributed by atoms with van der Waals surface area (Å²) in [7, 11) is 0. The van der Waals surface area contributed by atoms with Gasteiger partial charge in [0.25, 0.3) is 0 Å². The predicted octanol–water partition coefficient (Wildman–Crippen LogP) is 4.73. The Morgan fingerprint density at radius 2 is 1.80 bits per heavy atom. The third-order valence-electron chi connectivity index (χ3n) is 3.97. The van der Waals surface area contributed by atoms with Crippen molar-refractivity contribution in [3.63, 3.8) is 0 Å². The number of aromatic amines is 1. The van der Waals surface area contributed by atoms with Gasteiger partial charge in [0.2, 0.25) is 0 Å². The van der Waals surface area contributed by atoms with Crippen LogP contribution in [0.3, 0.4) is 0 Å². The Hall–Kier alpha value is -1.87. The monoisotopic (exact) mass is 325 g/mol. The number of nitrogens with one attached hydrogen (secondary N) is 1. The normalized spacial score (nSPS) is 13.9. The summed E-state index contributed by atoms with van der Waals surface area (Å²) >= 11 is 3.58. The van der Waals surface area contributed by atoms with Crippen molar-refractivity contribution in [3.05, 3.63) is 58.1 Å². The van der Waals surface area contributed by atoms with Crippen molar-refractivity contribution in [2.45, 2.75) is 12.8 Å². The summed E-state index contributed by atoms with van der Waals surface area (Å²) in [6.07, 6.45) is 1.41. The minimum Gasteiger partial charge on any atom is -0.353 e. The number of carbonyl (C=O) groups is 1. The lowest BCUT2D eigenvalue weighted by molar-refractivity contribution is 0.0982. The van der Waals surface area contributed by atoms with Crippen LogP contribution in [0.15, 0.2) is 46.9 Å². The zero-order valence-corrected chi connectivity index (χ0v) is 12.3. The molecule has 20 heavy (non-hydrogen) atoms. The zero-order valence-electron chi connectivity index (χ0n) is 10.7. The van der Waals surface area contributed by atoms with Crippen LogP contribution in [0, 0.1) is 0 Å². The van der Waals surface area contributed by atoms with Gasteiger partial charge in [-0.15, -0.1) is 0 Å². The Balaban J connectivity index is 2.11. The van der Waals surface area contributed by atoms with Crippen LogP contribution in [0.25, 0.3) is 22.2 Å². The first kappa shape index (κ1) is 11.9. The number of H-pyrrole nitrogens is 1. The highest BCUT2D eigenvalue weighted by molar-refractivity contribution is 9.10. The number of aromatic nitrogens is 1. The Labute approximate surface area is 124 Å². The highest BCUT2D eigenvalue weighted by Crippen LogP contribution is 2.39.